The fraction of sp³-hybridized carbons (Fsp3) is 0.500. The third-order valence-electron chi connectivity index (χ3n) is 5.39. The van der Waals surface area contributed by atoms with Gasteiger partial charge in [-0.2, -0.15) is 5.10 Å². The van der Waals surface area contributed by atoms with E-state index in [4.69, 9.17) is 9.47 Å². The number of nitrogens with one attached hydrogen (secondary N) is 2. The molecule has 0 saturated heterocycles. The van der Waals surface area contributed by atoms with Crippen LogP contribution in [-0.2, 0) is 13.0 Å². The molecule has 0 saturated carbocycles. The minimum absolute atomic E-state index is 0.0503. The lowest BCUT2D eigenvalue weighted by molar-refractivity contribution is 0.0660. The van der Waals surface area contributed by atoms with Crippen molar-refractivity contribution >= 4 is 6.03 Å². The van der Waals surface area contributed by atoms with Crippen LogP contribution < -0.4 is 14.8 Å². The number of nitrogens with zero attached hydrogens (tertiary/aromatic N) is 2. The molecule has 0 radical (unpaired) electrons. The molecule has 1 atom stereocenters. The predicted octanol–water partition coefficient (Wildman–Crippen LogP) is 3.10. The Kier molecular flexibility index (Phi) is 4.25. The summed E-state index contributed by atoms with van der Waals surface area (Å²) < 4.78 is 11.4. The molecule has 7 heteroatoms. The largest absolute Gasteiger partial charge is 0.497 e. The van der Waals surface area contributed by atoms with E-state index in [1.165, 1.54) is 0 Å². The molecule has 4 rings (SSSR count). The topological polar surface area (TPSA) is 79.5 Å². The highest BCUT2D eigenvalue weighted by atomic mass is 16.5. The second-order valence-corrected chi connectivity index (χ2v) is 7.92. The number of hydrogen-bond donors (Lipinski definition) is 2. The Balaban J connectivity index is 1.54. The normalized spacial score (nSPS) is 20.3. The summed E-state index contributed by atoms with van der Waals surface area (Å²) in [4.78, 5) is 14.8. The molecule has 0 spiro atoms. The van der Waals surface area contributed by atoms with Crippen LogP contribution in [0.2, 0.25) is 0 Å². The number of aromatic amines is 1. The van der Waals surface area contributed by atoms with E-state index in [-0.39, 0.29) is 17.7 Å². The summed E-state index contributed by atoms with van der Waals surface area (Å²) in [6.45, 7) is 7.34. The second kappa shape index (κ2) is 6.48. The molecular formula is C20H26N4O3. The van der Waals surface area contributed by atoms with Gasteiger partial charge in [-0.25, -0.2) is 4.79 Å². The first kappa shape index (κ1) is 17.7. The molecule has 2 aromatic rings. The van der Waals surface area contributed by atoms with Gasteiger partial charge in [-0.15, -0.1) is 0 Å². The molecule has 2 aliphatic heterocycles. The van der Waals surface area contributed by atoms with Crippen molar-refractivity contribution in [3.8, 4) is 11.5 Å². The van der Waals surface area contributed by atoms with E-state index in [0.717, 1.165) is 40.4 Å². The van der Waals surface area contributed by atoms with Crippen LogP contribution in [-0.4, -0.2) is 40.4 Å². The molecule has 2 N–H and O–H groups in total. The number of rotatable bonds is 2. The lowest BCUT2D eigenvalue weighted by Gasteiger charge is -2.39. The molecule has 7 nitrogen and oxygen atoms in total. The molecule has 27 heavy (non-hydrogen) atoms. The van der Waals surface area contributed by atoms with E-state index in [1.54, 1.807) is 7.11 Å². The number of carbonyl (C=O) groups excluding carboxylic acids is 1. The molecule has 0 aliphatic carbocycles. The van der Waals surface area contributed by atoms with Crippen molar-refractivity contribution in [2.75, 3.05) is 13.7 Å². The van der Waals surface area contributed by atoms with Crippen LogP contribution in [0.1, 0.15) is 48.8 Å². The fourth-order valence-electron chi connectivity index (χ4n) is 3.93. The molecule has 0 fully saturated rings. The van der Waals surface area contributed by atoms with Crippen LogP contribution in [0.15, 0.2) is 18.2 Å². The number of urea groups is 1. The zero-order chi connectivity index (χ0) is 19.2. The summed E-state index contributed by atoms with van der Waals surface area (Å²) in [5, 5.41) is 10.6. The van der Waals surface area contributed by atoms with Gasteiger partial charge in [-0.3, -0.25) is 5.10 Å². The number of H-pyrrole nitrogens is 1. The van der Waals surface area contributed by atoms with Gasteiger partial charge in [0.05, 0.1) is 25.4 Å². The van der Waals surface area contributed by atoms with Crippen molar-refractivity contribution in [2.45, 2.75) is 51.8 Å². The number of amides is 2. The molecule has 0 unspecified atom stereocenters. The fourth-order valence-corrected chi connectivity index (χ4v) is 3.93. The van der Waals surface area contributed by atoms with Gasteiger partial charge in [0.2, 0.25) is 0 Å². The summed E-state index contributed by atoms with van der Waals surface area (Å²) in [7, 11) is 1.64. The number of carbonyl (C=O) groups is 1. The minimum Gasteiger partial charge on any atom is -0.497 e. The number of hydrogen-bond acceptors (Lipinski definition) is 4. The van der Waals surface area contributed by atoms with Crippen molar-refractivity contribution in [1.82, 2.24) is 20.4 Å². The average molecular weight is 370 g/mol. The molecule has 3 heterocycles. The maximum atomic E-state index is 13.0. The van der Waals surface area contributed by atoms with E-state index >= 15 is 0 Å². The maximum Gasteiger partial charge on any atom is 0.318 e. The van der Waals surface area contributed by atoms with Gasteiger partial charge in [0.15, 0.2) is 0 Å². The Bertz CT molecular complexity index is 874. The molecule has 2 aliphatic rings. The van der Waals surface area contributed by atoms with Crippen LogP contribution in [0.5, 0.6) is 11.5 Å². The third-order valence-corrected chi connectivity index (χ3v) is 5.39. The van der Waals surface area contributed by atoms with Crippen LogP contribution in [0.25, 0.3) is 0 Å². The number of aryl methyl sites for hydroxylation is 1. The van der Waals surface area contributed by atoms with Crippen LogP contribution in [0.3, 0.4) is 0 Å². The standard InChI is InChI=1S/C20H26N4O3/c1-12-15-11-24(8-7-16(15)23-22-12)19(25)21-17-10-20(2,3)27-18-9-13(26-4)5-6-14(17)18/h5-6,9,17H,7-8,10-11H2,1-4H3,(H,21,25)(H,22,23)/t17-/m0/s1. The second-order valence-electron chi connectivity index (χ2n) is 7.92. The molecule has 0 bridgehead atoms. The predicted molar refractivity (Wildman–Crippen MR) is 101 cm³/mol. The highest BCUT2D eigenvalue weighted by Crippen LogP contribution is 2.41. The summed E-state index contributed by atoms with van der Waals surface area (Å²) in [5.74, 6) is 1.51. The summed E-state index contributed by atoms with van der Waals surface area (Å²) >= 11 is 0. The lowest BCUT2D eigenvalue weighted by atomic mass is 9.89. The first-order chi connectivity index (χ1) is 12.9. The van der Waals surface area contributed by atoms with Crippen LogP contribution in [0.4, 0.5) is 4.79 Å². The van der Waals surface area contributed by atoms with E-state index < -0.39 is 0 Å². The smallest absolute Gasteiger partial charge is 0.318 e. The Labute approximate surface area is 159 Å². The van der Waals surface area contributed by atoms with Gasteiger partial charge >= 0.3 is 6.03 Å². The van der Waals surface area contributed by atoms with Crippen molar-refractivity contribution in [1.29, 1.82) is 0 Å². The molecule has 1 aromatic heterocycles. The summed E-state index contributed by atoms with van der Waals surface area (Å²) in [6, 6.07) is 5.61. The molecular weight excluding hydrogens is 344 g/mol. The quantitative estimate of drug-likeness (QED) is 0.851. The average Bonchev–Trinajstić information content (AvgIpc) is 3.00. The Morgan fingerprint density at radius 2 is 2.26 bits per heavy atom. The van der Waals surface area contributed by atoms with Crippen LogP contribution >= 0.6 is 0 Å². The summed E-state index contributed by atoms with van der Waals surface area (Å²) in [6.07, 6.45) is 1.49. The van der Waals surface area contributed by atoms with Gasteiger partial charge in [-0.1, -0.05) is 0 Å². The lowest BCUT2D eigenvalue weighted by Crippen LogP contribution is -2.47. The number of benzene rings is 1. The SMILES string of the molecule is COc1ccc2c(c1)OC(C)(C)C[C@@H]2NC(=O)N1CCc2n[nH]c(C)c2C1. The van der Waals surface area contributed by atoms with Gasteiger partial charge in [0.1, 0.15) is 17.1 Å². The Morgan fingerprint density at radius 1 is 1.44 bits per heavy atom. The number of methoxy groups -OCH3 is 1. The first-order valence-corrected chi connectivity index (χ1v) is 9.31. The zero-order valence-corrected chi connectivity index (χ0v) is 16.3. The van der Waals surface area contributed by atoms with E-state index in [9.17, 15) is 4.79 Å². The van der Waals surface area contributed by atoms with Gasteiger partial charge in [-0.05, 0) is 32.9 Å². The number of ether oxygens (including phenoxy) is 2. The van der Waals surface area contributed by atoms with E-state index in [0.29, 0.717) is 19.5 Å². The zero-order valence-electron chi connectivity index (χ0n) is 16.3. The molecule has 2 amide bonds. The third kappa shape index (κ3) is 3.34. The highest BCUT2D eigenvalue weighted by Gasteiger charge is 2.36. The van der Waals surface area contributed by atoms with E-state index in [2.05, 4.69) is 15.5 Å². The van der Waals surface area contributed by atoms with Crippen molar-refractivity contribution < 1.29 is 14.3 Å². The Hall–Kier alpha value is -2.70. The first-order valence-electron chi connectivity index (χ1n) is 9.31. The van der Waals surface area contributed by atoms with Gasteiger partial charge < -0.3 is 19.7 Å². The van der Waals surface area contributed by atoms with Crippen LogP contribution in [0, 0.1) is 6.92 Å². The van der Waals surface area contributed by atoms with Crippen molar-refractivity contribution in [2.24, 2.45) is 0 Å². The minimum atomic E-state index is -0.368. The van der Waals surface area contributed by atoms with Gasteiger partial charge in [0.25, 0.3) is 0 Å². The van der Waals surface area contributed by atoms with Gasteiger partial charge in [0, 0.05) is 42.3 Å². The van der Waals surface area contributed by atoms with E-state index in [1.807, 2.05) is 43.9 Å². The monoisotopic (exact) mass is 370 g/mol. The Morgan fingerprint density at radius 3 is 3.04 bits per heavy atom. The molecule has 144 valence electrons. The maximum absolute atomic E-state index is 13.0. The van der Waals surface area contributed by atoms with Crippen molar-refractivity contribution in [3.05, 3.63) is 40.7 Å². The summed E-state index contributed by atoms with van der Waals surface area (Å²) in [5.41, 5.74) is 3.86. The highest BCUT2D eigenvalue weighted by molar-refractivity contribution is 5.75. The molecule has 1 aromatic carbocycles. The number of aromatic nitrogens is 2. The van der Waals surface area contributed by atoms with Crippen molar-refractivity contribution in [3.63, 3.8) is 0 Å². The number of fused-ring (bicyclic) bond motifs is 2.